The normalized spacial score (nSPS) is 56.9. The van der Waals surface area contributed by atoms with Gasteiger partial charge in [-0.2, -0.15) is 0 Å². The maximum Gasteiger partial charge on any atom is 0.314 e. The molecule has 0 aromatic rings. The molecule has 106 valence electrons. The summed E-state index contributed by atoms with van der Waals surface area (Å²) in [5.41, 5.74) is -0.0550. The SMILES string of the molecule is CCC(=O)OC(=O)CC12C3C4C1C1C2C3C41C(=O)OC. The number of methoxy groups -OCH3 is 1. The molecule has 0 aromatic heterocycles. The van der Waals surface area contributed by atoms with Crippen molar-refractivity contribution >= 4 is 17.9 Å². The van der Waals surface area contributed by atoms with Crippen molar-refractivity contribution in [1.82, 2.24) is 0 Å². The first-order chi connectivity index (χ1) is 9.56. The fourth-order valence-electron chi connectivity index (χ4n) is 7.17. The average Bonchev–Trinajstić information content (AvgIpc) is 2.46. The summed E-state index contributed by atoms with van der Waals surface area (Å²) in [6.45, 7) is 1.68. The third kappa shape index (κ3) is 0.672. The molecule has 0 saturated heterocycles. The quantitative estimate of drug-likeness (QED) is 0.560. The highest BCUT2D eigenvalue weighted by molar-refractivity contribution is 5.91. The van der Waals surface area contributed by atoms with Gasteiger partial charge in [0.15, 0.2) is 0 Å². The number of rotatable bonds is 4. The molecular formula is C15H16O5. The van der Waals surface area contributed by atoms with Crippen LogP contribution in [0.2, 0.25) is 0 Å². The van der Waals surface area contributed by atoms with Crippen LogP contribution >= 0.6 is 0 Å². The Balaban J connectivity index is 1.31. The van der Waals surface area contributed by atoms with Gasteiger partial charge >= 0.3 is 17.9 Å². The van der Waals surface area contributed by atoms with E-state index < -0.39 is 5.97 Å². The second kappa shape index (κ2) is 2.81. The topological polar surface area (TPSA) is 69.7 Å². The van der Waals surface area contributed by atoms with Crippen LogP contribution in [-0.4, -0.2) is 25.0 Å². The largest absolute Gasteiger partial charge is 0.469 e. The van der Waals surface area contributed by atoms with E-state index in [2.05, 4.69) is 0 Å². The van der Waals surface area contributed by atoms with Gasteiger partial charge in [0.1, 0.15) is 0 Å². The lowest BCUT2D eigenvalue weighted by atomic mass is 8.92. The van der Waals surface area contributed by atoms with Gasteiger partial charge < -0.3 is 9.47 Å². The van der Waals surface area contributed by atoms with Gasteiger partial charge in [0.25, 0.3) is 0 Å². The Morgan fingerprint density at radius 3 is 1.95 bits per heavy atom. The van der Waals surface area contributed by atoms with Gasteiger partial charge in [-0.05, 0) is 40.9 Å². The van der Waals surface area contributed by atoms with E-state index in [1.165, 1.54) is 7.11 Å². The molecule has 6 rings (SSSR count). The van der Waals surface area contributed by atoms with Crippen LogP contribution in [0.25, 0.3) is 0 Å². The first-order valence-electron chi connectivity index (χ1n) is 7.38. The summed E-state index contributed by atoms with van der Waals surface area (Å²) < 4.78 is 9.77. The molecule has 0 amide bonds. The van der Waals surface area contributed by atoms with Gasteiger partial charge in [-0.15, -0.1) is 0 Å². The molecule has 0 atom stereocenters. The highest BCUT2D eigenvalue weighted by atomic mass is 16.6. The summed E-state index contributed by atoms with van der Waals surface area (Å²) >= 11 is 0. The van der Waals surface area contributed by atoms with E-state index in [1.807, 2.05) is 0 Å². The van der Waals surface area contributed by atoms with Crippen molar-refractivity contribution < 1.29 is 23.9 Å². The Bertz CT molecular complexity index is 538. The van der Waals surface area contributed by atoms with Crippen molar-refractivity contribution in [2.75, 3.05) is 7.11 Å². The molecule has 0 bridgehead atoms. The lowest BCUT2D eigenvalue weighted by Crippen LogP contribution is -3.10. The minimum absolute atomic E-state index is 0.0294. The Labute approximate surface area is 116 Å². The highest BCUT2D eigenvalue weighted by Gasteiger charge is 3.11. The number of esters is 3. The Morgan fingerprint density at radius 2 is 1.50 bits per heavy atom. The summed E-state index contributed by atoms with van der Waals surface area (Å²) in [7, 11) is 1.47. The zero-order chi connectivity index (χ0) is 14.0. The number of carbonyl (C=O) groups excluding carboxylic acids is 3. The van der Waals surface area contributed by atoms with Crippen LogP contribution in [0, 0.1) is 46.3 Å². The molecule has 0 radical (unpaired) electrons. The van der Waals surface area contributed by atoms with Crippen LogP contribution in [0.15, 0.2) is 0 Å². The number of hydrogen-bond acceptors (Lipinski definition) is 5. The molecule has 0 unspecified atom stereocenters. The molecule has 0 spiro atoms. The van der Waals surface area contributed by atoms with E-state index in [0.717, 1.165) is 0 Å². The Morgan fingerprint density at radius 1 is 0.950 bits per heavy atom. The van der Waals surface area contributed by atoms with Crippen LogP contribution in [0.4, 0.5) is 0 Å². The molecule has 5 nitrogen and oxygen atoms in total. The van der Waals surface area contributed by atoms with Crippen LogP contribution in [0.3, 0.4) is 0 Å². The summed E-state index contributed by atoms with van der Waals surface area (Å²) in [5, 5.41) is 0. The first kappa shape index (κ1) is 11.3. The van der Waals surface area contributed by atoms with Crippen molar-refractivity contribution in [2.24, 2.45) is 46.3 Å². The molecule has 20 heavy (non-hydrogen) atoms. The predicted octanol–water partition coefficient (Wildman–Crippen LogP) is 0.767. The molecule has 6 saturated carbocycles. The average molecular weight is 276 g/mol. The minimum Gasteiger partial charge on any atom is -0.469 e. The molecule has 6 aliphatic rings. The van der Waals surface area contributed by atoms with Crippen molar-refractivity contribution in [3.05, 3.63) is 0 Å². The van der Waals surface area contributed by atoms with E-state index in [9.17, 15) is 14.4 Å². The maximum atomic E-state index is 11.9. The van der Waals surface area contributed by atoms with Gasteiger partial charge in [-0.25, -0.2) is 0 Å². The van der Waals surface area contributed by atoms with E-state index in [1.54, 1.807) is 6.92 Å². The lowest BCUT2D eigenvalue weighted by Gasteiger charge is -3.10. The molecule has 0 N–H and O–H groups in total. The third-order valence-electron chi connectivity index (χ3n) is 7.34. The standard InChI is InChI=1S/C15H16O5/c1-3-5(16)20-6(17)4-14-7-10-8(14)12-9(14)11(7)15(10,12)13(18)19-2/h7-12H,3-4H2,1-2H3. The van der Waals surface area contributed by atoms with E-state index in [-0.39, 0.29) is 29.2 Å². The van der Waals surface area contributed by atoms with Gasteiger partial charge in [-0.3, -0.25) is 14.4 Å². The zero-order valence-corrected chi connectivity index (χ0v) is 11.4. The van der Waals surface area contributed by atoms with Gasteiger partial charge in [0.05, 0.1) is 18.9 Å². The fraction of sp³-hybridized carbons (Fsp3) is 0.800. The van der Waals surface area contributed by atoms with Crippen LogP contribution in [0.5, 0.6) is 0 Å². The van der Waals surface area contributed by atoms with Crippen molar-refractivity contribution in [3.63, 3.8) is 0 Å². The van der Waals surface area contributed by atoms with Crippen LogP contribution < -0.4 is 0 Å². The zero-order valence-electron chi connectivity index (χ0n) is 11.4. The maximum absolute atomic E-state index is 11.9. The molecular weight excluding hydrogens is 260 g/mol. The first-order valence-corrected chi connectivity index (χ1v) is 7.38. The second-order valence-corrected chi connectivity index (χ2v) is 7.07. The summed E-state index contributed by atoms with van der Waals surface area (Å²) in [4.78, 5) is 34.9. The molecule has 0 aliphatic heterocycles. The van der Waals surface area contributed by atoms with Crippen molar-refractivity contribution in [3.8, 4) is 0 Å². The van der Waals surface area contributed by atoms with E-state index in [4.69, 9.17) is 9.47 Å². The molecule has 6 fully saturated rings. The number of hydrogen-bond donors (Lipinski definition) is 0. The van der Waals surface area contributed by atoms with Gasteiger partial charge in [-0.1, -0.05) is 6.92 Å². The molecule has 6 aliphatic carbocycles. The van der Waals surface area contributed by atoms with E-state index in [0.29, 0.717) is 41.9 Å². The Hall–Kier alpha value is -1.39. The summed E-state index contributed by atoms with van der Waals surface area (Å²) in [5.74, 6) is 2.09. The van der Waals surface area contributed by atoms with Crippen LogP contribution in [-0.2, 0) is 23.9 Å². The molecule has 0 heterocycles. The van der Waals surface area contributed by atoms with Crippen LogP contribution in [0.1, 0.15) is 19.8 Å². The molecule has 0 aromatic carbocycles. The number of carbonyl (C=O) groups is 3. The minimum atomic E-state index is -0.446. The van der Waals surface area contributed by atoms with Crippen molar-refractivity contribution in [1.29, 1.82) is 0 Å². The lowest BCUT2D eigenvalue weighted by molar-refractivity contribution is -0.642. The third-order valence-corrected chi connectivity index (χ3v) is 7.34. The van der Waals surface area contributed by atoms with E-state index >= 15 is 0 Å². The smallest absolute Gasteiger partial charge is 0.314 e. The monoisotopic (exact) mass is 276 g/mol. The Kier molecular flexibility index (Phi) is 1.58. The second-order valence-electron chi connectivity index (χ2n) is 7.07. The molecule has 5 heteroatoms. The van der Waals surface area contributed by atoms with Crippen molar-refractivity contribution in [2.45, 2.75) is 19.8 Å². The summed E-state index contributed by atoms with van der Waals surface area (Å²) in [6, 6.07) is 0. The number of ether oxygens (including phenoxy) is 2. The predicted molar refractivity (Wildman–Crippen MR) is 63.8 cm³/mol. The fourth-order valence-corrected chi connectivity index (χ4v) is 7.17. The van der Waals surface area contributed by atoms with Gasteiger partial charge in [0, 0.05) is 6.42 Å². The highest BCUT2D eigenvalue weighted by Crippen LogP contribution is 3.10. The summed E-state index contributed by atoms with van der Waals surface area (Å²) in [6.07, 6.45) is 0.605. The van der Waals surface area contributed by atoms with Gasteiger partial charge in [0.2, 0.25) is 0 Å².